The lowest BCUT2D eigenvalue weighted by molar-refractivity contribution is 0.215. The summed E-state index contributed by atoms with van der Waals surface area (Å²) in [6.45, 7) is 2.01. The minimum absolute atomic E-state index is 0.682. The van der Waals surface area contributed by atoms with Crippen LogP contribution in [0.15, 0.2) is 5.16 Å². The van der Waals surface area contributed by atoms with Crippen molar-refractivity contribution < 1.29 is 4.84 Å². The van der Waals surface area contributed by atoms with E-state index in [-0.39, 0.29) is 0 Å². The molecular weight excluding hydrogens is 114 g/mol. The number of hydrogen-bond donors (Lipinski definition) is 0. The average molecular weight is 125 g/mol. The van der Waals surface area contributed by atoms with E-state index in [4.69, 9.17) is 0 Å². The van der Waals surface area contributed by atoms with Crippen molar-refractivity contribution in [2.75, 3.05) is 7.11 Å². The van der Waals surface area contributed by atoms with E-state index in [1.54, 1.807) is 6.21 Å². The zero-order valence-corrected chi connectivity index (χ0v) is 5.85. The summed E-state index contributed by atoms with van der Waals surface area (Å²) in [6.07, 6.45) is 3.23. The molecule has 0 fully saturated rings. The van der Waals surface area contributed by atoms with Gasteiger partial charge < -0.3 is 4.84 Å². The maximum Gasteiger partial charge on any atom is 0.106 e. The normalized spacial score (nSPS) is 8.67. The second-order valence-electron chi connectivity index (χ2n) is 1.38. The summed E-state index contributed by atoms with van der Waals surface area (Å²) in [7, 11) is 1.52. The average Bonchev–Trinajstić information content (AvgIpc) is 1.89. The molecule has 0 bridgehead atoms. The summed E-state index contributed by atoms with van der Waals surface area (Å²) in [5.74, 6) is 5.80. The molecular formula is C7H11NO. The Morgan fingerprint density at radius 1 is 1.56 bits per heavy atom. The lowest BCUT2D eigenvalue weighted by atomic mass is 10.4. The molecule has 0 amide bonds. The highest BCUT2D eigenvalue weighted by Crippen LogP contribution is 1.73. The third-order valence-corrected chi connectivity index (χ3v) is 0.675. The first kappa shape index (κ1) is 8.03. The lowest BCUT2D eigenvalue weighted by Crippen LogP contribution is -1.72. The predicted molar refractivity (Wildman–Crippen MR) is 38.2 cm³/mol. The largest absolute Gasteiger partial charge is 0.399 e. The van der Waals surface area contributed by atoms with Crippen molar-refractivity contribution in [3.05, 3.63) is 0 Å². The molecule has 0 N–H and O–H groups in total. The molecule has 9 heavy (non-hydrogen) atoms. The summed E-state index contributed by atoms with van der Waals surface area (Å²) in [5, 5.41) is 3.52. The van der Waals surface area contributed by atoms with E-state index >= 15 is 0 Å². The minimum Gasteiger partial charge on any atom is -0.399 e. The lowest BCUT2D eigenvalue weighted by Gasteiger charge is -1.79. The molecule has 0 aliphatic rings. The first-order valence-electron chi connectivity index (χ1n) is 2.92. The van der Waals surface area contributed by atoms with Crippen LogP contribution >= 0.6 is 0 Å². The van der Waals surface area contributed by atoms with Crippen molar-refractivity contribution in [1.82, 2.24) is 0 Å². The topological polar surface area (TPSA) is 21.6 Å². The van der Waals surface area contributed by atoms with E-state index in [1.807, 2.05) is 6.92 Å². The number of hydrogen-bond acceptors (Lipinski definition) is 2. The van der Waals surface area contributed by atoms with Crippen LogP contribution in [-0.2, 0) is 4.84 Å². The fourth-order valence-electron chi connectivity index (χ4n) is 0.355. The summed E-state index contributed by atoms with van der Waals surface area (Å²) >= 11 is 0. The van der Waals surface area contributed by atoms with E-state index in [1.165, 1.54) is 7.11 Å². The van der Waals surface area contributed by atoms with Gasteiger partial charge in [0.05, 0.1) is 6.21 Å². The van der Waals surface area contributed by atoms with Crippen LogP contribution in [0.4, 0.5) is 0 Å². The molecule has 0 aliphatic heterocycles. The summed E-state index contributed by atoms with van der Waals surface area (Å²) in [6, 6.07) is 0. The summed E-state index contributed by atoms with van der Waals surface area (Å²) in [4.78, 5) is 4.42. The van der Waals surface area contributed by atoms with Gasteiger partial charge in [0, 0.05) is 12.8 Å². The van der Waals surface area contributed by atoms with Gasteiger partial charge in [-0.25, -0.2) is 0 Å². The van der Waals surface area contributed by atoms with Gasteiger partial charge in [0.1, 0.15) is 7.11 Å². The molecule has 0 heterocycles. The smallest absolute Gasteiger partial charge is 0.106 e. The molecule has 0 aromatic heterocycles. The van der Waals surface area contributed by atoms with Gasteiger partial charge in [-0.05, 0) is 0 Å². The quantitative estimate of drug-likeness (QED) is 0.311. The first-order chi connectivity index (χ1) is 4.41. The van der Waals surface area contributed by atoms with Crippen LogP contribution in [0.2, 0.25) is 0 Å². The summed E-state index contributed by atoms with van der Waals surface area (Å²) < 4.78 is 0. The van der Waals surface area contributed by atoms with E-state index in [0.29, 0.717) is 6.42 Å². The van der Waals surface area contributed by atoms with Gasteiger partial charge in [-0.2, -0.15) is 0 Å². The molecule has 50 valence electrons. The maximum absolute atomic E-state index is 4.42. The Labute approximate surface area is 55.9 Å². The van der Waals surface area contributed by atoms with Crippen LogP contribution in [0.25, 0.3) is 0 Å². The third kappa shape index (κ3) is 7.03. The Hall–Kier alpha value is -0.970. The van der Waals surface area contributed by atoms with E-state index < -0.39 is 0 Å². The standard InChI is InChI=1S/C7H11NO/c1-3-4-5-6-7-8-9-2/h7H,3,6H2,1-2H3/b8-7-. The predicted octanol–water partition coefficient (Wildman–Crippen LogP) is 1.42. The van der Waals surface area contributed by atoms with Gasteiger partial charge >= 0.3 is 0 Å². The van der Waals surface area contributed by atoms with Gasteiger partial charge in [0.25, 0.3) is 0 Å². The van der Waals surface area contributed by atoms with Gasteiger partial charge in [-0.3, -0.25) is 0 Å². The monoisotopic (exact) mass is 125 g/mol. The molecule has 0 saturated heterocycles. The van der Waals surface area contributed by atoms with Crippen molar-refractivity contribution in [2.24, 2.45) is 5.16 Å². The molecule has 2 nitrogen and oxygen atoms in total. The van der Waals surface area contributed by atoms with Crippen LogP contribution in [0.1, 0.15) is 19.8 Å². The van der Waals surface area contributed by atoms with Crippen LogP contribution in [0, 0.1) is 11.8 Å². The Kier molecular flexibility index (Phi) is 6.27. The highest BCUT2D eigenvalue weighted by Gasteiger charge is 1.67. The molecule has 0 radical (unpaired) electrons. The SMILES string of the molecule is CCC#CC/C=N\OC. The van der Waals surface area contributed by atoms with E-state index in [2.05, 4.69) is 21.8 Å². The van der Waals surface area contributed by atoms with Crippen LogP contribution in [0.5, 0.6) is 0 Å². The Morgan fingerprint density at radius 3 is 2.89 bits per heavy atom. The minimum atomic E-state index is 0.682. The first-order valence-corrected chi connectivity index (χ1v) is 2.92. The third-order valence-electron chi connectivity index (χ3n) is 0.675. The van der Waals surface area contributed by atoms with Gasteiger partial charge in [-0.15, -0.1) is 5.92 Å². The van der Waals surface area contributed by atoms with E-state index in [9.17, 15) is 0 Å². The Balaban J connectivity index is 3.18. The molecule has 0 aliphatic carbocycles. The molecule has 0 spiro atoms. The van der Waals surface area contributed by atoms with Crippen LogP contribution < -0.4 is 0 Å². The zero-order valence-electron chi connectivity index (χ0n) is 5.85. The summed E-state index contributed by atoms with van der Waals surface area (Å²) in [5.41, 5.74) is 0. The maximum atomic E-state index is 4.42. The highest BCUT2D eigenvalue weighted by molar-refractivity contribution is 5.60. The fraction of sp³-hybridized carbons (Fsp3) is 0.571. The van der Waals surface area contributed by atoms with Gasteiger partial charge in [0.15, 0.2) is 0 Å². The van der Waals surface area contributed by atoms with Crippen molar-refractivity contribution >= 4 is 6.21 Å². The van der Waals surface area contributed by atoms with Crippen molar-refractivity contribution in [2.45, 2.75) is 19.8 Å². The van der Waals surface area contributed by atoms with Crippen molar-refractivity contribution in [3.63, 3.8) is 0 Å². The molecule has 2 heteroatoms. The van der Waals surface area contributed by atoms with Gasteiger partial charge in [0.2, 0.25) is 0 Å². The Bertz CT molecular complexity index is 130. The molecule has 0 aromatic carbocycles. The van der Waals surface area contributed by atoms with E-state index in [0.717, 1.165) is 6.42 Å². The van der Waals surface area contributed by atoms with Gasteiger partial charge in [-0.1, -0.05) is 18.0 Å². The second kappa shape index (κ2) is 7.03. The molecule has 0 saturated carbocycles. The molecule has 0 unspecified atom stereocenters. The molecule has 0 rings (SSSR count). The molecule has 0 aromatic rings. The van der Waals surface area contributed by atoms with Crippen molar-refractivity contribution in [3.8, 4) is 11.8 Å². The number of rotatable bonds is 2. The Morgan fingerprint density at radius 2 is 2.33 bits per heavy atom. The number of nitrogens with zero attached hydrogens (tertiary/aromatic N) is 1. The zero-order chi connectivity index (χ0) is 6.95. The molecule has 0 atom stereocenters. The van der Waals surface area contributed by atoms with Crippen LogP contribution in [0.3, 0.4) is 0 Å². The highest BCUT2D eigenvalue weighted by atomic mass is 16.6. The van der Waals surface area contributed by atoms with Crippen molar-refractivity contribution in [1.29, 1.82) is 0 Å². The second-order valence-corrected chi connectivity index (χ2v) is 1.38. The number of oxime groups is 1. The van der Waals surface area contributed by atoms with Crippen LogP contribution in [-0.4, -0.2) is 13.3 Å². The fourth-order valence-corrected chi connectivity index (χ4v) is 0.355.